The molecule has 2 fully saturated rings. The Morgan fingerprint density at radius 3 is 0.989 bits per heavy atom. The zero-order valence-corrected chi connectivity index (χ0v) is 51.0. The van der Waals surface area contributed by atoms with E-state index >= 15 is 0 Å². The van der Waals surface area contributed by atoms with Crippen LogP contribution in [0.15, 0.2) is 249 Å². The summed E-state index contributed by atoms with van der Waals surface area (Å²) < 4.78 is 25.1. The molecule has 0 unspecified atom stereocenters. The number of hydrogen-bond acceptors (Lipinski definition) is 4. The van der Waals surface area contributed by atoms with Gasteiger partial charge in [-0.2, -0.15) is 0 Å². The Labute approximate surface area is 515 Å². The van der Waals surface area contributed by atoms with Crippen molar-refractivity contribution in [3.05, 3.63) is 249 Å². The van der Waals surface area contributed by atoms with Gasteiger partial charge in [-0.05, 0) is 179 Å². The largest absolute Gasteiger partial charge is 0.494 e. The van der Waals surface area contributed by atoms with E-state index in [1.54, 1.807) is 0 Å². The topological polar surface area (TPSA) is 36.9 Å². The maximum absolute atomic E-state index is 6.28. The zero-order chi connectivity index (χ0) is 59.8. The Morgan fingerprint density at radius 1 is 0.261 bits per heavy atom. The fraction of sp³-hybridized carbons (Fsp3) is 0.148. The summed E-state index contributed by atoms with van der Waals surface area (Å²) in [5.74, 6) is 2.12. The van der Waals surface area contributed by atoms with Gasteiger partial charge in [0.2, 0.25) is 0 Å². The van der Waals surface area contributed by atoms with Gasteiger partial charge in [-0.25, -0.2) is 0 Å². The van der Waals surface area contributed by atoms with Crippen molar-refractivity contribution in [2.24, 2.45) is 0 Å². The summed E-state index contributed by atoms with van der Waals surface area (Å²) in [6.07, 6.45) is 0. The first kappa shape index (κ1) is 54.5. The maximum atomic E-state index is 6.28. The van der Waals surface area contributed by atoms with Crippen LogP contribution in [0.5, 0.6) is 0 Å². The van der Waals surface area contributed by atoms with Crippen LogP contribution in [0.1, 0.15) is 55.4 Å². The van der Waals surface area contributed by atoms with Crippen LogP contribution in [0.25, 0.3) is 142 Å². The predicted molar refractivity (Wildman–Crippen MR) is 375 cm³/mol. The molecule has 0 saturated carbocycles. The standard InChI is InChI=1S/C43H34B2O2.C38H31BO2/c1-42(2)43(3,4)47-45(46-42)37-20-18-28(19-21-37)36-25-33-16-14-31-23-35(24-32-15-17-34(26-36)40(33)39(31)32)27-10-12-29(13-11-27)38-9-5-7-30-8-6-22-44-41(30)38;1-37(2)38(3,4)41-39(40-37)32-18-16-24(17-19-32)30-20-26-12-14-28-22-31(23-29-15-13-27(21-30)35(26)36(28)29)34-11-7-9-25-8-5-6-10-33(25)34/h5-26H,1-4H3;5-23H,1-4H3. The first-order chi connectivity index (χ1) is 42.5. The molecule has 0 atom stereocenters. The number of hydrogen-bond donors (Lipinski definition) is 0. The molecule has 0 aliphatic carbocycles. The molecule has 0 spiro atoms. The Morgan fingerprint density at radius 2 is 0.580 bits per heavy atom. The molecule has 0 N–H and O–H groups in total. The summed E-state index contributed by atoms with van der Waals surface area (Å²) in [5.41, 5.74) is 13.0. The van der Waals surface area contributed by atoms with E-state index in [-0.39, 0.29) is 36.6 Å². The summed E-state index contributed by atoms with van der Waals surface area (Å²) in [6.45, 7) is 19.0. The number of benzene rings is 14. The van der Waals surface area contributed by atoms with Crippen molar-refractivity contribution in [3.8, 4) is 55.6 Å². The molecule has 0 radical (unpaired) electrons. The molecule has 3 heterocycles. The molecular formula is C81H65B3O4. The van der Waals surface area contributed by atoms with E-state index in [0.717, 1.165) is 10.9 Å². The molecular weight excluding hydrogens is 1070 g/mol. The monoisotopic (exact) mass is 1130 g/mol. The minimum absolute atomic E-state index is 0.346. The molecule has 88 heavy (non-hydrogen) atoms. The van der Waals surface area contributed by atoms with Crippen molar-refractivity contribution in [3.63, 3.8) is 0 Å². The fourth-order valence-electron chi connectivity index (χ4n) is 13.8. The van der Waals surface area contributed by atoms with Crippen molar-refractivity contribution in [2.45, 2.75) is 77.8 Å². The molecule has 2 aliphatic rings. The summed E-state index contributed by atoms with van der Waals surface area (Å²) in [6, 6.07) is 89.3. The maximum Gasteiger partial charge on any atom is 0.494 e. The van der Waals surface area contributed by atoms with Gasteiger partial charge in [0.25, 0.3) is 0 Å². The van der Waals surface area contributed by atoms with Crippen molar-refractivity contribution in [2.75, 3.05) is 0 Å². The van der Waals surface area contributed by atoms with Crippen LogP contribution in [0.4, 0.5) is 0 Å². The van der Waals surface area contributed by atoms with Gasteiger partial charge >= 0.3 is 183 Å². The molecule has 2 saturated heterocycles. The predicted octanol–water partition coefficient (Wildman–Crippen LogP) is 19.7. The van der Waals surface area contributed by atoms with Crippen LogP contribution in [0.3, 0.4) is 0 Å². The van der Waals surface area contributed by atoms with E-state index in [0.29, 0.717) is 0 Å². The summed E-state index contributed by atoms with van der Waals surface area (Å²) >= 11 is 0. The summed E-state index contributed by atoms with van der Waals surface area (Å²) in [7, 11) is -0.704. The minimum Gasteiger partial charge on any atom is -0.399 e. The van der Waals surface area contributed by atoms with Gasteiger partial charge in [0, 0.05) is 0 Å². The van der Waals surface area contributed by atoms with Crippen LogP contribution in [0.2, 0.25) is 0 Å². The van der Waals surface area contributed by atoms with Gasteiger partial charge in [0.15, 0.2) is 0 Å². The van der Waals surface area contributed by atoms with E-state index in [2.05, 4.69) is 311 Å². The van der Waals surface area contributed by atoms with Gasteiger partial charge in [-0.1, -0.05) is 115 Å². The minimum atomic E-state index is -0.355. The van der Waals surface area contributed by atoms with Crippen LogP contribution < -0.4 is 10.9 Å². The first-order valence-electron chi connectivity index (χ1n) is 31.0. The Kier molecular flexibility index (Phi) is 12.6. The number of fused-ring (bicyclic) bond motifs is 2. The summed E-state index contributed by atoms with van der Waals surface area (Å²) in [5, 5.41) is 20.6. The quantitative estimate of drug-likeness (QED) is 0.118. The van der Waals surface area contributed by atoms with Crippen molar-refractivity contribution in [1.82, 2.24) is 0 Å². The van der Waals surface area contributed by atoms with Crippen LogP contribution >= 0.6 is 0 Å². The van der Waals surface area contributed by atoms with Gasteiger partial charge in [-0.15, -0.1) is 0 Å². The first-order valence-corrected chi connectivity index (χ1v) is 31.0. The number of rotatable bonds is 7. The zero-order valence-electron chi connectivity index (χ0n) is 51.0. The van der Waals surface area contributed by atoms with Gasteiger partial charge < -0.3 is 18.6 Å². The van der Waals surface area contributed by atoms with E-state index in [9.17, 15) is 0 Å². The van der Waals surface area contributed by atoms with Gasteiger partial charge in [0.05, 0.1) is 22.4 Å². The molecule has 0 bridgehead atoms. The van der Waals surface area contributed by atoms with E-state index in [1.165, 1.54) is 142 Å². The molecule has 15 aromatic rings. The molecule has 422 valence electrons. The van der Waals surface area contributed by atoms with Crippen molar-refractivity contribution < 1.29 is 18.6 Å². The second-order valence-corrected chi connectivity index (χ2v) is 26.5. The molecule has 0 amide bonds. The molecule has 2 aliphatic heterocycles. The second kappa shape index (κ2) is 20.3. The third-order valence-corrected chi connectivity index (χ3v) is 20.0. The van der Waals surface area contributed by atoms with Gasteiger partial charge in [0.1, 0.15) is 0 Å². The van der Waals surface area contributed by atoms with Crippen LogP contribution in [0, 0.1) is 0 Å². The van der Waals surface area contributed by atoms with Gasteiger partial charge in [-0.3, -0.25) is 0 Å². The Hall–Kier alpha value is -8.94. The summed E-state index contributed by atoms with van der Waals surface area (Å²) in [4.78, 5) is 0. The molecule has 1 aromatic heterocycles. The average Bonchev–Trinajstić information content (AvgIpc) is 1.48. The van der Waals surface area contributed by atoms with Crippen LogP contribution in [-0.4, -0.2) is 43.6 Å². The van der Waals surface area contributed by atoms with E-state index in [4.69, 9.17) is 18.6 Å². The molecule has 7 heteroatoms. The fourth-order valence-corrected chi connectivity index (χ4v) is 13.8. The van der Waals surface area contributed by atoms with Crippen LogP contribution in [-0.2, 0) is 18.6 Å². The van der Waals surface area contributed by atoms with E-state index < -0.39 is 0 Å². The third kappa shape index (κ3) is 9.12. The van der Waals surface area contributed by atoms with E-state index in [1.807, 2.05) is 0 Å². The van der Waals surface area contributed by atoms with Crippen molar-refractivity contribution >= 4 is 118 Å². The second-order valence-electron chi connectivity index (χ2n) is 26.5. The Bertz CT molecular complexity index is 5050. The smallest absolute Gasteiger partial charge is 0.399 e. The average molecular weight is 1130 g/mol. The third-order valence-electron chi connectivity index (χ3n) is 20.0. The van der Waals surface area contributed by atoms with Crippen molar-refractivity contribution in [1.29, 1.82) is 0 Å². The normalized spacial score (nSPS) is 16.0. The molecule has 14 aromatic carbocycles. The SMILES string of the molecule is CC1(C)OB(c2ccc(-c3cc4ccc5cc(-c6ccc(-c7cccc8cccbc78)cc6)cc6ccc(c3)c4c56)cc2)OC1(C)C.CC1(C)OB(c2ccc(-c3cc4ccc5cc(-c6cccc7ccccc67)cc6ccc(c3)c4c56)cc2)OC1(C)C. The molecule has 17 rings (SSSR count). The Balaban J connectivity index is 0.000000143. The molecule has 4 nitrogen and oxygen atoms in total.